The molecule has 0 aliphatic heterocycles. The molecule has 0 unspecified atom stereocenters. The summed E-state index contributed by atoms with van der Waals surface area (Å²) in [6.07, 6.45) is 9.82. The second-order valence-electron chi connectivity index (χ2n) is 5.39. The van der Waals surface area contributed by atoms with Crippen molar-refractivity contribution in [2.75, 3.05) is 6.54 Å². The Bertz CT molecular complexity index is 237. The number of nitrogens with one attached hydrogen (secondary N) is 2. The van der Waals surface area contributed by atoms with E-state index in [4.69, 9.17) is 0 Å². The Morgan fingerprint density at radius 3 is 2.44 bits per heavy atom. The van der Waals surface area contributed by atoms with Crippen LogP contribution in [0, 0.1) is 0 Å². The van der Waals surface area contributed by atoms with E-state index in [9.17, 15) is 4.79 Å². The molecule has 0 heterocycles. The molecule has 2 rings (SSSR count). The van der Waals surface area contributed by atoms with Crippen LogP contribution in [0.3, 0.4) is 0 Å². The quantitative estimate of drug-likeness (QED) is 0.749. The molecule has 2 N–H and O–H groups in total. The molecule has 3 nitrogen and oxygen atoms in total. The molecule has 16 heavy (non-hydrogen) atoms. The maximum atomic E-state index is 11.7. The molecular formula is C13H24N2O. The Morgan fingerprint density at radius 1 is 1.25 bits per heavy atom. The third-order valence-electron chi connectivity index (χ3n) is 4.33. The van der Waals surface area contributed by atoms with Crippen molar-refractivity contribution in [3.05, 3.63) is 0 Å². The maximum Gasteiger partial charge on any atom is 0.234 e. The van der Waals surface area contributed by atoms with E-state index >= 15 is 0 Å². The highest BCUT2D eigenvalue weighted by Gasteiger charge is 2.34. The highest BCUT2D eigenvalue weighted by atomic mass is 16.2. The second kappa shape index (κ2) is 5.17. The number of amides is 1. The minimum absolute atomic E-state index is 0.187. The van der Waals surface area contributed by atoms with Crippen LogP contribution in [-0.2, 0) is 4.79 Å². The summed E-state index contributed by atoms with van der Waals surface area (Å²) < 4.78 is 0. The fraction of sp³-hybridized carbons (Fsp3) is 0.923. The van der Waals surface area contributed by atoms with Crippen molar-refractivity contribution in [1.29, 1.82) is 0 Å². The molecule has 3 heteroatoms. The van der Waals surface area contributed by atoms with Gasteiger partial charge in [-0.3, -0.25) is 4.79 Å². The summed E-state index contributed by atoms with van der Waals surface area (Å²) in [5.41, 5.74) is 0.285. The third kappa shape index (κ3) is 2.76. The second-order valence-corrected chi connectivity index (χ2v) is 5.39. The number of carbonyl (C=O) groups excluding carboxylic acids is 1. The lowest BCUT2D eigenvalue weighted by Crippen LogP contribution is -2.54. The summed E-state index contributed by atoms with van der Waals surface area (Å²) in [5.74, 6) is 0.187. The first-order valence-electron chi connectivity index (χ1n) is 6.78. The number of hydrogen-bond acceptors (Lipinski definition) is 2. The van der Waals surface area contributed by atoms with Gasteiger partial charge in [0.1, 0.15) is 0 Å². The molecule has 0 aromatic carbocycles. The van der Waals surface area contributed by atoms with Crippen LogP contribution in [0.1, 0.15) is 58.3 Å². The normalized spacial score (nSPS) is 24.1. The summed E-state index contributed by atoms with van der Waals surface area (Å²) in [6.45, 7) is 2.71. The monoisotopic (exact) mass is 224 g/mol. The standard InChI is InChI=1S/C13H24N2O/c1-2-13(8-5-9-13)14-10-12(16)15-11-6-3-4-7-11/h11,14H,2-10H2,1H3,(H,15,16). The van der Waals surface area contributed by atoms with Gasteiger partial charge in [0.05, 0.1) is 6.54 Å². The average molecular weight is 224 g/mol. The summed E-state index contributed by atoms with van der Waals surface area (Å²) in [4.78, 5) is 11.7. The van der Waals surface area contributed by atoms with Crippen LogP contribution < -0.4 is 10.6 Å². The molecule has 2 aliphatic carbocycles. The van der Waals surface area contributed by atoms with Gasteiger partial charge in [0, 0.05) is 11.6 Å². The van der Waals surface area contributed by atoms with Gasteiger partial charge in [0.25, 0.3) is 0 Å². The van der Waals surface area contributed by atoms with Gasteiger partial charge in [-0.05, 0) is 38.5 Å². The molecule has 0 aromatic heterocycles. The van der Waals surface area contributed by atoms with Crippen LogP contribution in [0.2, 0.25) is 0 Å². The van der Waals surface area contributed by atoms with Gasteiger partial charge in [-0.25, -0.2) is 0 Å². The first-order chi connectivity index (χ1) is 7.74. The zero-order chi connectivity index (χ0) is 11.4. The highest BCUT2D eigenvalue weighted by Crippen LogP contribution is 2.34. The summed E-state index contributed by atoms with van der Waals surface area (Å²) in [5, 5.41) is 6.57. The first kappa shape index (κ1) is 11.9. The van der Waals surface area contributed by atoms with E-state index in [-0.39, 0.29) is 11.4 Å². The highest BCUT2D eigenvalue weighted by molar-refractivity contribution is 5.78. The molecular weight excluding hydrogens is 200 g/mol. The minimum atomic E-state index is 0.187. The molecule has 2 aliphatic rings. The smallest absolute Gasteiger partial charge is 0.234 e. The predicted octanol–water partition coefficient (Wildman–Crippen LogP) is 1.97. The van der Waals surface area contributed by atoms with Crippen LogP contribution in [0.5, 0.6) is 0 Å². The van der Waals surface area contributed by atoms with E-state index in [2.05, 4.69) is 17.6 Å². The zero-order valence-corrected chi connectivity index (χ0v) is 10.3. The Kier molecular flexibility index (Phi) is 3.85. The van der Waals surface area contributed by atoms with Crippen molar-refractivity contribution >= 4 is 5.91 Å². The number of rotatable bonds is 5. The van der Waals surface area contributed by atoms with Gasteiger partial charge < -0.3 is 10.6 Å². The lowest BCUT2D eigenvalue weighted by Gasteiger charge is -2.42. The summed E-state index contributed by atoms with van der Waals surface area (Å²) in [7, 11) is 0. The average Bonchev–Trinajstić information content (AvgIpc) is 2.69. The van der Waals surface area contributed by atoms with Gasteiger partial charge in [0.15, 0.2) is 0 Å². The topological polar surface area (TPSA) is 41.1 Å². The third-order valence-corrected chi connectivity index (χ3v) is 4.33. The van der Waals surface area contributed by atoms with Crippen LogP contribution >= 0.6 is 0 Å². The van der Waals surface area contributed by atoms with E-state index in [1.807, 2.05) is 0 Å². The van der Waals surface area contributed by atoms with E-state index < -0.39 is 0 Å². The van der Waals surface area contributed by atoms with Crippen molar-refractivity contribution in [3.8, 4) is 0 Å². The Labute approximate surface area is 98.4 Å². The van der Waals surface area contributed by atoms with Crippen LogP contribution in [0.4, 0.5) is 0 Å². The van der Waals surface area contributed by atoms with E-state index in [0.717, 1.165) is 6.42 Å². The van der Waals surface area contributed by atoms with Crippen LogP contribution in [0.15, 0.2) is 0 Å². The van der Waals surface area contributed by atoms with Crippen LogP contribution in [-0.4, -0.2) is 24.0 Å². The summed E-state index contributed by atoms with van der Waals surface area (Å²) in [6, 6.07) is 0.452. The van der Waals surface area contributed by atoms with E-state index in [1.165, 1.54) is 44.9 Å². The summed E-state index contributed by atoms with van der Waals surface area (Å²) >= 11 is 0. The molecule has 92 valence electrons. The predicted molar refractivity (Wildman–Crippen MR) is 65.3 cm³/mol. The lowest BCUT2D eigenvalue weighted by atomic mass is 9.75. The Morgan fingerprint density at radius 2 is 1.94 bits per heavy atom. The lowest BCUT2D eigenvalue weighted by molar-refractivity contribution is -0.121. The van der Waals surface area contributed by atoms with E-state index in [0.29, 0.717) is 12.6 Å². The molecule has 0 saturated heterocycles. The van der Waals surface area contributed by atoms with Gasteiger partial charge in [-0.15, -0.1) is 0 Å². The van der Waals surface area contributed by atoms with Crippen molar-refractivity contribution in [2.45, 2.75) is 69.9 Å². The first-order valence-corrected chi connectivity index (χ1v) is 6.78. The molecule has 2 fully saturated rings. The molecule has 2 saturated carbocycles. The molecule has 0 bridgehead atoms. The molecule has 0 atom stereocenters. The van der Waals surface area contributed by atoms with Crippen molar-refractivity contribution < 1.29 is 4.79 Å². The fourth-order valence-electron chi connectivity index (χ4n) is 2.88. The van der Waals surface area contributed by atoms with Gasteiger partial charge in [-0.2, -0.15) is 0 Å². The SMILES string of the molecule is CCC1(NCC(=O)NC2CCCC2)CCC1. The Balaban J connectivity index is 1.66. The number of carbonyl (C=O) groups is 1. The number of hydrogen-bond donors (Lipinski definition) is 2. The largest absolute Gasteiger partial charge is 0.352 e. The van der Waals surface area contributed by atoms with Crippen LogP contribution in [0.25, 0.3) is 0 Å². The molecule has 1 amide bonds. The fourth-order valence-corrected chi connectivity index (χ4v) is 2.88. The maximum absolute atomic E-state index is 11.7. The van der Waals surface area contributed by atoms with E-state index in [1.54, 1.807) is 0 Å². The molecule has 0 spiro atoms. The molecule has 0 aromatic rings. The van der Waals surface area contributed by atoms with Gasteiger partial charge in [-0.1, -0.05) is 19.8 Å². The Hall–Kier alpha value is -0.570. The minimum Gasteiger partial charge on any atom is -0.352 e. The van der Waals surface area contributed by atoms with Crippen molar-refractivity contribution in [1.82, 2.24) is 10.6 Å². The van der Waals surface area contributed by atoms with Gasteiger partial charge >= 0.3 is 0 Å². The molecule has 0 radical (unpaired) electrons. The van der Waals surface area contributed by atoms with Crippen molar-refractivity contribution in [2.24, 2.45) is 0 Å². The zero-order valence-electron chi connectivity index (χ0n) is 10.3. The van der Waals surface area contributed by atoms with Crippen molar-refractivity contribution in [3.63, 3.8) is 0 Å². The van der Waals surface area contributed by atoms with Gasteiger partial charge in [0.2, 0.25) is 5.91 Å².